The van der Waals surface area contributed by atoms with E-state index in [9.17, 15) is 4.79 Å². The van der Waals surface area contributed by atoms with E-state index < -0.39 is 0 Å². The second kappa shape index (κ2) is 6.88. The number of aryl methyl sites for hydroxylation is 1. The SMILES string of the molecule is COCCc1noc(C2C[C@H]3CC[C@@H](C2)N3C(=O)c2ccc(C)s2)n1. The first-order valence-electron chi connectivity index (χ1n) is 8.86. The molecular weight excluding hydrogens is 338 g/mol. The summed E-state index contributed by atoms with van der Waals surface area (Å²) in [6, 6.07) is 4.54. The van der Waals surface area contributed by atoms with Gasteiger partial charge >= 0.3 is 0 Å². The van der Waals surface area contributed by atoms with Crippen LogP contribution in [-0.4, -0.2) is 46.7 Å². The molecule has 2 aromatic heterocycles. The quantitative estimate of drug-likeness (QED) is 0.818. The molecule has 1 amide bonds. The van der Waals surface area contributed by atoms with E-state index in [1.54, 1.807) is 18.4 Å². The normalized spacial score (nSPS) is 25.5. The van der Waals surface area contributed by atoms with Crippen LogP contribution in [0.4, 0.5) is 0 Å². The molecule has 0 N–H and O–H groups in total. The lowest BCUT2D eigenvalue weighted by Crippen LogP contribution is -2.45. The van der Waals surface area contributed by atoms with E-state index in [0.717, 1.165) is 36.5 Å². The monoisotopic (exact) mass is 361 g/mol. The minimum Gasteiger partial charge on any atom is -0.384 e. The highest BCUT2D eigenvalue weighted by molar-refractivity contribution is 7.13. The van der Waals surface area contributed by atoms with Crippen LogP contribution in [0.15, 0.2) is 16.7 Å². The van der Waals surface area contributed by atoms with Crippen LogP contribution in [0.3, 0.4) is 0 Å². The Hall–Kier alpha value is -1.73. The molecule has 0 aromatic carbocycles. The van der Waals surface area contributed by atoms with Crippen LogP contribution in [0.5, 0.6) is 0 Å². The molecule has 2 aliphatic rings. The van der Waals surface area contributed by atoms with Crippen molar-refractivity contribution in [1.29, 1.82) is 0 Å². The van der Waals surface area contributed by atoms with Gasteiger partial charge in [0.15, 0.2) is 5.82 Å². The van der Waals surface area contributed by atoms with Crippen molar-refractivity contribution in [1.82, 2.24) is 15.0 Å². The van der Waals surface area contributed by atoms with Crippen molar-refractivity contribution in [2.45, 2.75) is 57.0 Å². The highest BCUT2D eigenvalue weighted by Crippen LogP contribution is 2.43. The number of fused-ring (bicyclic) bond motifs is 2. The zero-order valence-electron chi connectivity index (χ0n) is 14.6. The van der Waals surface area contributed by atoms with Crippen LogP contribution in [0.25, 0.3) is 0 Å². The summed E-state index contributed by atoms with van der Waals surface area (Å²) in [4.78, 5) is 21.6. The molecule has 7 heteroatoms. The Bertz CT molecular complexity index is 742. The number of thiophene rings is 1. The van der Waals surface area contributed by atoms with Gasteiger partial charge in [0.1, 0.15) is 0 Å². The zero-order chi connectivity index (χ0) is 17.4. The Morgan fingerprint density at radius 3 is 2.76 bits per heavy atom. The predicted molar refractivity (Wildman–Crippen MR) is 93.9 cm³/mol. The van der Waals surface area contributed by atoms with E-state index in [0.29, 0.717) is 18.9 Å². The average Bonchev–Trinajstić information content (AvgIpc) is 3.31. The third-order valence-corrected chi connectivity index (χ3v) is 6.27. The number of carbonyl (C=O) groups excluding carboxylic acids is 1. The zero-order valence-corrected chi connectivity index (χ0v) is 15.4. The number of hydrogen-bond acceptors (Lipinski definition) is 6. The first kappa shape index (κ1) is 16.7. The molecule has 2 fully saturated rings. The van der Waals surface area contributed by atoms with Crippen LogP contribution in [0.2, 0.25) is 0 Å². The standard InChI is InChI=1S/C18H23N3O3S/c1-11-3-6-15(25-11)18(22)21-13-4-5-14(21)10-12(9-13)17-19-16(20-24-17)7-8-23-2/h3,6,12-14H,4-5,7-10H2,1-2H3/t12?,13-,14+. The number of hydrogen-bond donors (Lipinski definition) is 0. The molecule has 25 heavy (non-hydrogen) atoms. The Kier molecular flexibility index (Phi) is 4.60. The summed E-state index contributed by atoms with van der Waals surface area (Å²) in [5.41, 5.74) is 0. The van der Waals surface area contributed by atoms with Crippen molar-refractivity contribution in [3.63, 3.8) is 0 Å². The molecular formula is C18H23N3O3S. The number of amides is 1. The Balaban J connectivity index is 1.46. The summed E-state index contributed by atoms with van der Waals surface area (Å²) in [5.74, 6) is 1.88. The van der Waals surface area contributed by atoms with Gasteiger partial charge in [0.25, 0.3) is 5.91 Å². The van der Waals surface area contributed by atoms with Gasteiger partial charge in [-0.15, -0.1) is 11.3 Å². The maximum atomic E-state index is 12.9. The molecule has 1 unspecified atom stereocenters. The van der Waals surface area contributed by atoms with Gasteiger partial charge in [-0.25, -0.2) is 0 Å². The molecule has 4 heterocycles. The highest BCUT2D eigenvalue weighted by Gasteiger charge is 2.45. The first-order chi connectivity index (χ1) is 12.2. The van der Waals surface area contributed by atoms with Gasteiger partial charge in [-0.3, -0.25) is 4.79 Å². The molecule has 2 aliphatic heterocycles. The molecule has 0 radical (unpaired) electrons. The number of nitrogens with zero attached hydrogens (tertiary/aromatic N) is 3. The average molecular weight is 361 g/mol. The number of piperidine rings is 1. The number of ether oxygens (including phenoxy) is 1. The van der Waals surface area contributed by atoms with Crippen LogP contribution < -0.4 is 0 Å². The Labute approximate surface area is 151 Å². The second-order valence-corrected chi connectivity index (χ2v) is 8.26. The summed E-state index contributed by atoms with van der Waals surface area (Å²) in [6.07, 6.45) is 4.64. The minimum atomic E-state index is 0.190. The molecule has 2 saturated heterocycles. The van der Waals surface area contributed by atoms with Crippen LogP contribution >= 0.6 is 11.3 Å². The van der Waals surface area contributed by atoms with Crippen molar-refractivity contribution in [2.75, 3.05) is 13.7 Å². The van der Waals surface area contributed by atoms with Crippen LogP contribution in [0, 0.1) is 6.92 Å². The fourth-order valence-corrected chi connectivity index (χ4v) is 4.93. The maximum Gasteiger partial charge on any atom is 0.264 e. The van der Waals surface area contributed by atoms with Crippen LogP contribution in [0.1, 0.15) is 57.9 Å². The van der Waals surface area contributed by atoms with Gasteiger partial charge in [0.2, 0.25) is 5.89 Å². The van der Waals surface area contributed by atoms with E-state index in [2.05, 4.69) is 15.0 Å². The van der Waals surface area contributed by atoms with E-state index in [1.165, 1.54) is 4.88 Å². The number of rotatable bonds is 5. The fourth-order valence-electron chi connectivity index (χ4n) is 4.12. The van der Waals surface area contributed by atoms with Crippen molar-refractivity contribution < 1.29 is 14.1 Å². The van der Waals surface area contributed by atoms with Gasteiger partial charge in [-0.1, -0.05) is 5.16 Å². The lowest BCUT2D eigenvalue weighted by molar-refractivity contribution is 0.0560. The van der Waals surface area contributed by atoms with Gasteiger partial charge < -0.3 is 14.2 Å². The lowest BCUT2D eigenvalue weighted by atomic mass is 9.90. The molecule has 4 rings (SSSR count). The molecule has 0 spiro atoms. The Morgan fingerprint density at radius 1 is 1.36 bits per heavy atom. The molecule has 3 atom stereocenters. The molecule has 6 nitrogen and oxygen atoms in total. The molecule has 134 valence electrons. The van der Waals surface area contributed by atoms with Crippen molar-refractivity contribution >= 4 is 17.2 Å². The molecule has 2 bridgehead atoms. The predicted octanol–water partition coefficient (Wildman–Crippen LogP) is 3.18. The number of aromatic nitrogens is 2. The van der Waals surface area contributed by atoms with Crippen LogP contribution in [-0.2, 0) is 11.2 Å². The van der Waals surface area contributed by atoms with Crippen molar-refractivity contribution in [2.24, 2.45) is 0 Å². The van der Waals surface area contributed by atoms with E-state index in [4.69, 9.17) is 9.26 Å². The minimum absolute atomic E-state index is 0.190. The first-order valence-corrected chi connectivity index (χ1v) is 9.68. The number of carbonyl (C=O) groups is 1. The smallest absolute Gasteiger partial charge is 0.264 e. The topological polar surface area (TPSA) is 68.5 Å². The summed E-state index contributed by atoms with van der Waals surface area (Å²) < 4.78 is 10.6. The third-order valence-electron chi connectivity index (χ3n) is 5.28. The second-order valence-electron chi connectivity index (χ2n) is 6.97. The van der Waals surface area contributed by atoms with Crippen molar-refractivity contribution in [3.8, 4) is 0 Å². The van der Waals surface area contributed by atoms with Gasteiger partial charge in [0, 0.05) is 36.4 Å². The molecule has 0 aliphatic carbocycles. The molecule has 0 saturated carbocycles. The van der Waals surface area contributed by atoms with Crippen molar-refractivity contribution in [3.05, 3.63) is 33.6 Å². The lowest BCUT2D eigenvalue weighted by Gasteiger charge is -2.37. The van der Waals surface area contributed by atoms with Gasteiger partial charge in [-0.05, 0) is 44.7 Å². The Morgan fingerprint density at radius 2 is 2.12 bits per heavy atom. The van der Waals surface area contributed by atoms with Gasteiger partial charge in [0.05, 0.1) is 11.5 Å². The van der Waals surface area contributed by atoms with E-state index in [1.807, 2.05) is 19.1 Å². The van der Waals surface area contributed by atoms with E-state index >= 15 is 0 Å². The summed E-state index contributed by atoms with van der Waals surface area (Å²) in [7, 11) is 1.67. The third kappa shape index (κ3) is 3.22. The largest absolute Gasteiger partial charge is 0.384 e. The highest BCUT2D eigenvalue weighted by atomic mass is 32.1. The fraction of sp³-hybridized carbons (Fsp3) is 0.611. The summed E-state index contributed by atoms with van der Waals surface area (Å²) >= 11 is 1.59. The molecule has 2 aromatic rings. The summed E-state index contributed by atoms with van der Waals surface area (Å²) in [5, 5.41) is 4.06. The van der Waals surface area contributed by atoms with E-state index in [-0.39, 0.29) is 23.9 Å². The summed E-state index contributed by atoms with van der Waals surface area (Å²) in [6.45, 7) is 2.64. The van der Waals surface area contributed by atoms with Gasteiger partial charge in [-0.2, -0.15) is 4.98 Å². The number of methoxy groups -OCH3 is 1. The maximum absolute atomic E-state index is 12.9.